The van der Waals surface area contributed by atoms with Crippen molar-refractivity contribution >= 4 is 21.8 Å². The molecule has 0 spiro atoms. The molecule has 5 nitrogen and oxygen atoms in total. The second-order valence-electron chi connectivity index (χ2n) is 5.05. The average Bonchev–Trinajstić information content (AvgIpc) is 3.06. The number of fused-ring (bicyclic) bond motifs is 1. The van der Waals surface area contributed by atoms with Crippen molar-refractivity contribution in [2.75, 3.05) is 7.05 Å². The number of aromatic nitrogens is 3. The molecular weight excluding hydrogens is 339 g/mol. The Bertz CT molecular complexity index is 700. The highest BCUT2D eigenvalue weighted by Crippen LogP contribution is 2.22. The zero-order valence-electron chi connectivity index (χ0n) is 11.5. The lowest BCUT2D eigenvalue weighted by Crippen LogP contribution is -2.28. The van der Waals surface area contributed by atoms with E-state index in [1.807, 2.05) is 4.57 Å². The van der Waals surface area contributed by atoms with E-state index in [-0.39, 0.29) is 10.4 Å². The Morgan fingerprint density at radius 2 is 2.29 bits per heavy atom. The largest absolute Gasteiger partial charge is 0.334 e. The molecule has 0 bridgehead atoms. The number of rotatable bonds is 3. The fraction of sp³-hybridized carbons (Fsp3) is 0.357. The number of aryl methyl sites for hydroxylation is 1. The molecule has 0 saturated carbocycles. The molecule has 0 aliphatic carbocycles. The standard InChI is InChI=1S/C14H14BrFN4O/c1-19(8-12-18-17-11-6-3-7-20(11)12)14(21)9-4-2-5-10(16)13(9)15/h2,4-5H,3,6-8H2,1H3. The first kappa shape index (κ1) is 14.2. The molecular formula is C14H14BrFN4O. The molecule has 1 aromatic carbocycles. The van der Waals surface area contributed by atoms with Gasteiger partial charge in [0, 0.05) is 20.0 Å². The fourth-order valence-corrected chi connectivity index (χ4v) is 2.92. The number of nitrogens with zero attached hydrogens (tertiary/aromatic N) is 4. The molecule has 0 atom stereocenters. The van der Waals surface area contributed by atoms with Crippen LogP contribution in [0, 0.1) is 5.82 Å². The predicted molar refractivity (Wildman–Crippen MR) is 78.2 cm³/mol. The summed E-state index contributed by atoms with van der Waals surface area (Å²) in [5, 5.41) is 8.25. The second-order valence-corrected chi connectivity index (χ2v) is 5.84. The SMILES string of the molecule is CN(Cc1nnc2n1CCC2)C(=O)c1cccc(F)c1Br. The molecule has 2 heterocycles. The third-order valence-electron chi connectivity index (χ3n) is 3.59. The normalized spacial score (nSPS) is 13.3. The number of halogens is 2. The van der Waals surface area contributed by atoms with Crippen LogP contribution in [-0.4, -0.2) is 32.6 Å². The third kappa shape index (κ3) is 2.57. The van der Waals surface area contributed by atoms with E-state index >= 15 is 0 Å². The van der Waals surface area contributed by atoms with Gasteiger partial charge in [0.1, 0.15) is 11.6 Å². The van der Waals surface area contributed by atoms with E-state index in [1.54, 1.807) is 13.1 Å². The Morgan fingerprint density at radius 1 is 1.48 bits per heavy atom. The first-order valence-electron chi connectivity index (χ1n) is 6.68. The van der Waals surface area contributed by atoms with E-state index in [4.69, 9.17) is 0 Å². The maximum atomic E-state index is 13.5. The van der Waals surface area contributed by atoms with Crippen LogP contribution in [0.3, 0.4) is 0 Å². The lowest BCUT2D eigenvalue weighted by Gasteiger charge is -2.17. The van der Waals surface area contributed by atoms with Crippen LogP contribution in [-0.2, 0) is 19.5 Å². The summed E-state index contributed by atoms with van der Waals surface area (Å²) in [6.07, 6.45) is 1.99. The van der Waals surface area contributed by atoms with E-state index in [0.717, 1.165) is 31.0 Å². The van der Waals surface area contributed by atoms with Crippen LogP contribution in [0.15, 0.2) is 22.7 Å². The van der Waals surface area contributed by atoms with Crippen molar-refractivity contribution in [1.82, 2.24) is 19.7 Å². The van der Waals surface area contributed by atoms with Crippen LogP contribution < -0.4 is 0 Å². The fourth-order valence-electron chi connectivity index (χ4n) is 2.49. The summed E-state index contributed by atoms with van der Waals surface area (Å²) in [5.41, 5.74) is 0.304. The van der Waals surface area contributed by atoms with Crippen molar-refractivity contribution in [2.24, 2.45) is 0 Å². The number of amides is 1. The zero-order chi connectivity index (χ0) is 15.0. The summed E-state index contributed by atoms with van der Waals surface area (Å²) >= 11 is 3.12. The summed E-state index contributed by atoms with van der Waals surface area (Å²) in [5.74, 6) is 1.04. The van der Waals surface area contributed by atoms with E-state index in [1.165, 1.54) is 17.0 Å². The molecule has 3 rings (SSSR count). The third-order valence-corrected chi connectivity index (χ3v) is 4.40. The van der Waals surface area contributed by atoms with E-state index in [9.17, 15) is 9.18 Å². The molecule has 0 N–H and O–H groups in total. The van der Waals surface area contributed by atoms with Gasteiger partial charge in [0.05, 0.1) is 16.6 Å². The lowest BCUT2D eigenvalue weighted by molar-refractivity contribution is 0.0778. The number of benzene rings is 1. The smallest absolute Gasteiger partial charge is 0.255 e. The minimum Gasteiger partial charge on any atom is -0.334 e. The van der Waals surface area contributed by atoms with E-state index < -0.39 is 5.82 Å². The number of hydrogen-bond acceptors (Lipinski definition) is 3. The highest BCUT2D eigenvalue weighted by molar-refractivity contribution is 9.10. The van der Waals surface area contributed by atoms with Gasteiger partial charge in [-0.1, -0.05) is 6.07 Å². The number of carbonyl (C=O) groups excluding carboxylic acids is 1. The van der Waals surface area contributed by atoms with Gasteiger partial charge < -0.3 is 9.47 Å². The van der Waals surface area contributed by atoms with Crippen LogP contribution in [0.2, 0.25) is 0 Å². The van der Waals surface area contributed by atoms with E-state index in [2.05, 4.69) is 26.1 Å². The zero-order valence-corrected chi connectivity index (χ0v) is 13.1. The van der Waals surface area contributed by atoms with Crippen molar-refractivity contribution in [1.29, 1.82) is 0 Å². The van der Waals surface area contributed by atoms with Gasteiger partial charge in [0.2, 0.25) is 0 Å². The van der Waals surface area contributed by atoms with Crippen LogP contribution >= 0.6 is 15.9 Å². The molecule has 7 heteroatoms. The van der Waals surface area contributed by atoms with Gasteiger partial charge >= 0.3 is 0 Å². The Hall–Kier alpha value is -1.76. The molecule has 1 aliphatic heterocycles. The Morgan fingerprint density at radius 3 is 3.10 bits per heavy atom. The topological polar surface area (TPSA) is 51.0 Å². The minimum atomic E-state index is -0.447. The van der Waals surface area contributed by atoms with Crippen LogP contribution in [0.4, 0.5) is 4.39 Å². The van der Waals surface area contributed by atoms with Gasteiger partial charge in [0.15, 0.2) is 5.82 Å². The van der Waals surface area contributed by atoms with Crippen LogP contribution in [0.5, 0.6) is 0 Å². The van der Waals surface area contributed by atoms with Crippen molar-refractivity contribution in [3.05, 3.63) is 45.7 Å². The number of hydrogen-bond donors (Lipinski definition) is 0. The lowest BCUT2D eigenvalue weighted by atomic mass is 10.2. The molecule has 0 fully saturated rings. The van der Waals surface area contributed by atoms with Crippen molar-refractivity contribution in [3.8, 4) is 0 Å². The molecule has 1 aromatic heterocycles. The molecule has 2 aromatic rings. The van der Waals surface area contributed by atoms with Gasteiger partial charge in [-0.25, -0.2) is 4.39 Å². The molecule has 0 unspecified atom stereocenters. The second kappa shape index (κ2) is 5.55. The number of carbonyl (C=O) groups is 1. The highest BCUT2D eigenvalue weighted by Gasteiger charge is 2.22. The molecule has 0 saturated heterocycles. The van der Waals surface area contributed by atoms with Gasteiger partial charge in [-0.3, -0.25) is 4.79 Å². The Labute approximate surface area is 129 Å². The summed E-state index contributed by atoms with van der Waals surface area (Å²) in [4.78, 5) is 13.9. The molecule has 21 heavy (non-hydrogen) atoms. The first-order valence-corrected chi connectivity index (χ1v) is 7.47. The van der Waals surface area contributed by atoms with Gasteiger partial charge in [-0.2, -0.15) is 0 Å². The molecule has 1 aliphatic rings. The monoisotopic (exact) mass is 352 g/mol. The maximum Gasteiger partial charge on any atom is 0.255 e. The summed E-state index contributed by atoms with van der Waals surface area (Å²) in [7, 11) is 1.68. The van der Waals surface area contributed by atoms with Gasteiger partial charge in [-0.05, 0) is 34.5 Å². The average molecular weight is 353 g/mol. The van der Waals surface area contributed by atoms with Gasteiger partial charge in [0.25, 0.3) is 5.91 Å². The van der Waals surface area contributed by atoms with Crippen LogP contribution in [0.25, 0.3) is 0 Å². The molecule has 110 valence electrons. The summed E-state index contributed by atoms with van der Waals surface area (Å²) in [6, 6.07) is 4.43. The van der Waals surface area contributed by atoms with Crippen LogP contribution in [0.1, 0.15) is 28.4 Å². The minimum absolute atomic E-state index is 0.188. The summed E-state index contributed by atoms with van der Waals surface area (Å²) < 4.78 is 15.8. The Kier molecular flexibility index (Phi) is 3.75. The van der Waals surface area contributed by atoms with Crippen molar-refractivity contribution < 1.29 is 9.18 Å². The highest BCUT2D eigenvalue weighted by atomic mass is 79.9. The van der Waals surface area contributed by atoms with E-state index in [0.29, 0.717) is 12.1 Å². The Balaban J connectivity index is 1.80. The first-order chi connectivity index (χ1) is 10.1. The quantitative estimate of drug-likeness (QED) is 0.852. The maximum absolute atomic E-state index is 13.5. The molecule has 1 amide bonds. The van der Waals surface area contributed by atoms with Gasteiger partial charge in [-0.15, -0.1) is 10.2 Å². The molecule has 0 radical (unpaired) electrons. The van der Waals surface area contributed by atoms with Crippen molar-refractivity contribution in [2.45, 2.75) is 25.9 Å². The van der Waals surface area contributed by atoms with Crippen molar-refractivity contribution in [3.63, 3.8) is 0 Å². The summed E-state index contributed by atoms with van der Waals surface area (Å²) in [6.45, 7) is 1.25. The predicted octanol–water partition coefficient (Wildman–Crippen LogP) is 2.40.